The summed E-state index contributed by atoms with van der Waals surface area (Å²) in [5, 5.41) is 9.78. The molecule has 5 heteroatoms. The molecule has 98 valence electrons. The van der Waals surface area contributed by atoms with Crippen molar-refractivity contribution in [3.8, 4) is 5.75 Å². The Hall–Kier alpha value is -1.33. The van der Waals surface area contributed by atoms with Crippen molar-refractivity contribution in [3.05, 3.63) is 33.8 Å². The number of aromatic nitrogens is 2. The van der Waals surface area contributed by atoms with E-state index in [2.05, 4.69) is 27.9 Å². The maximum atomic E-state index is 5.77. The van der Waals surface area contributed by atoms with Crippen molar-refractivity contribution in [2.24, 2.45) is 7.05 Å². The highest BCUT2D eigenvalue weighted by Gasteiger charge is 2.09. The van der Waals surface area contributed by atoms with E-state index in [0.717, 1.165) is 30.2 Å². The predicted molar refractivity (Wildman–Crippen MR) is 74.2 cm³/mol. The van der Waals surface area contributed by atoms with Gasteiger partial charge in [-0.05, 0) is 25.3 Å². The van der Waals surface area contributed by atoms with Crippen LogP contribution in [-0.2, 0) is 13.6 Å². The molecule has 0 fully saturated rings. The Morgan fingerprint density at radius 1 is 1.44 bits per heavy atom. The molecule has 0 aromatic carbocycles. The molecule has 0 aliphatic carbocycles. The molecule has 0 atom stereocenters. The second kappa shape index (κ2) is 6.02. The van der Waals surface area contributed by atoms with Gasteiger partial charge in [-0.1, -0.05) is 6.07 Å². The second-order valence-corrected chi connectivity index (χ2v) is 5.26. The number of rotatable bonds is 6. The van der Waals surface area contributed by atoms with Crippen LogP contribution in [0, 0.1) is 13.8 Å². The van der Waals surface area contributed by atoms with Gasteiger partial charge in [-0.3, -0.25) is 4.68 Å². The quantitative estimate of drug-likeness (QED) is 0.814. The zero-order valence-corrected chi connectivity index (χ0v) is 11.9. The number of nitrogens with zero attached hydrogens (tertiary/aromatic N) is 2. The molecule has 2 aromatic heterocycles. The molecule has 18 heavy (non-hydrogen) atoms. The van der Waals surface area contributed by atoms with Gasteiger partial charge in [0.15, 0.2) is 5.75 Å². The zero-order valence-electron chi connectivity index (χ0n) is 11.1. The molecule has 0 bridgehead atoms. The van der Waals surface area contributed by atoms with E-state index in [9.17, 15) is 0 Å². The van der Waals surface area contributed by atoms with Crippen molar-refractivity contribution in [3.63, 3.8) is 0 Å². The summed E-state index contributed by atoms with van der Waals surface area (Å²) in [6.07, 6.45) is 0. The average molecular weight is 265 g/mol. The van der Waals surface area contributed by atoms with Crippen LogP contribution in [-0.4, -0.2) is 22.9 Å². The van der Waals surface area contributed by atoms with Gasteiger partial charge in [-0.2, -0.15) is 5.10 Å². The molecule has 2 aromatic rings. The lowest BCUT2D eigenvalue weighted by atomic mass is 10.3. The predicted octanol–water partition coefficient (Wildman–Crippen LogP) is 2.27. The first-order valence-electron chi connectivity index (χ1n) is 6.04. The third-order valence-electron chi connectivity index (χ3n) is 2.85. The van der Waals surface area contributed by atoms with Gasteiger partial charge >= 0.3 is 0 Å². The monoisotopic (exact) mass is 265 g/mol. The zero-order chi connectivity index (χ0) is 13.0. The van der Waals surface area contributed by atoms with E-state index in [1.165, 1.54) is 4.88 Å². The average Bonchev–Trinajstić information content (AvgIpc) is 2.92. The van der Waals surface area contributed by atoms with E-state index in [0.29, 0.717) is 6.61 Å². The number of ether oxygens (including phenoxy) is 1. The molecule has 2 rings (SSSR count). The van der Waals surface area contributed by atoms with Gasteiger partial charge in [-0.15, -0.1) is 11.3 Å². The van der Waals surface area contributed by atoms with Crippen LogP contribution in [0.15, 0.2) is 17.5 Å². The minimum absolute atomic E-state index is 0.665. The lowest BCUT2D eigenvalue weighted by molar-refractivity contribution is 0.309. The number of hydrogen-bond donors (Lipinski definition) is 1. The first-order valence-corrected chi connectivity index (χ1v) is 6.92. The van der Waals surface area contributed by atoms with E-state index < -0.39 is 0 Å². The number of thiophene rings is 1. The molecule has 0 radical (unpaired) electrons. The Bertz CT molecular complexity index is 491. The van der Waals surface area contributed by atoms with E-state index >= 15 is 0 Å². The van der Waals surface area contributed by atoms with Crippen molar-refractivity contribution in [1.29, 1.82) is 0 Å². The molecule has 0 saturated heterocycles. The summed E-state index contributed by atoms with van der Waals surface area (Å²) in [7, 11) is 1.93. The number of nitrogens with one attached hydrogen (secondary N) is 1. The molecule has 0 spiro atoms. The largest absolute Gasteiger partial charge is 0.488 e. The van der Waals surface area contributed by atoms with Crippen LogP contribution in [0.4, 0.5) is 0 Å². The Morgan fingerprint density at radius 3 is 2.89 bits per heavy atom. The van der Waals surface area contributed by atoms with Crippen LogP contribution in [0.1, 0.15) is 16.3 Å². The molecular formula is C13H19N3OS. The van der Waals surface area contributed by atoms with Crippen molar-refractivity contribution in [2.45, 2.75) is 20.4 Å². The van der Waals surface area contributed by atoms with E-state index in [-0.39, 0.29) is 0 Å². The van der Waals surface area contributed by atoms with Crippen molar-refractivity contribution >= 4 is 11.3 Å². The molecule has 0 amide bonds. The fourth-order valence-electron chi connectivity index (χ4n) is 1.81. The van der Waals surface area contributed by atoms with Crippen LogP contribution < -0.4 is 10.1 Å². The number of aryl methyl sites for hydroxylation is 2. The topological polar surface area (TPSA) is 39.1 Å². The normalized spacial score (nSPS) is 10.8. The maximum Gasteiger partial charge on any atom is 0.163 e. The lowest BCUT2D eigenvalue weighted by Gasteiger charge is -2.07. The molecule has 0 aliphatic rings. The third-order valence-corrected chi connectivity index (χ3v) is 3.72. The Labute approximate surface area is 112 Å². The molecule has 1 N–H and O–H groups in total. The van der Waals surface area contributed by atoms with Gasteiger partial charge in [0.2, 0.25) is 0 Å². The van der Waals surface area contributed by atoms with Gasteiger partial charge in [0.05, 0.1) is 5.69 Å². The highest BCUT2D eigenvalue weighted by atomic mass is 32.1. The lowest BCUT2D eigenvalue weighted by Crippen LogP contribution is -2.20. The highest BCUT2D eigenvalue weighted by molar-refractivity contribution is 7.09. The summed E-state index contributed by atoms with van der Waals surface area (Å²) in [5.74, 6) is 0.912. The van der Waals surface area contributed by atoms with Gasteiger partial charge in [-0.25, -0.2) is 0 Å². The maximum absolute atomic E-state index is 5.77. The third kappa shape index (κ3) is 3.11. The number of hydrogen-bond acceptors (Lipinski definition) is 4. The van der Waals surface area contributed by atoms with Crippen LogP contribution in [0.2, 0.25) is 0 Å². The molecule has 0 aliphatic heterocycles. The van der Waals surface area contributed by atoms with Gasteiger partial charge in [0.1, 0.15) is 12.3 Å². The Kier molecular flexibility index (Phi) is 4.38. The van der Waals surface area contributed by atoms with Crippen LogP contribution in [0.3, 0.4) is 0 Å². The van der Waals surface area contributed by atoms with E-state index in [1.807, 2.05) is 25.6 Å². The van der Waals surface area contributed by atoms with Gasteiger partial charge in [0.25, 0.3) is 0 Å². The highest BCUT2D eigenvalue weighted by Crippen LogP contribution is 2.20. The summed E-state index contributed by atoms with van der Waals surface area (Å²) in [6, 6.07) is 4.20. The standard InChI is InChI=1S/C13H19N3OS/c1-10-13(11(2)16(3)15-10)17-7-6-14-9-12-5-4-8-18-12/h4-5,8,14H,6-7,9H2,1-3H3. The molecular weight excluding hydrogens is 246 g/mol. The smallest absolute Gasteiger partial charge is 0.163 e. The van der Waals surface area contributed by atoms with Crippen molar-refractivity contribution in [1.82, 2.24) is 15.1 Å². The first kappa shape index (κ1) is 13.1. The molecule has 2 heterocycles. The summed E-state index contributed by atoms with van der Waals surface area (Å²) >= 11 is 1.77. The summed E-state index contributed by atoms with van der Waals surface area (Å²) < 4.78 is 7.62. The van der Waals surface area contributed by atoms with Crippen molar-refractivity contribution in [2.75, 3.05) is 13.2 Å². The summed E-state index contributed by atoms with van der Waals surface area (Å²) in [5.41, 5.74) is 2.03. The van der Waals surface area contributed by atoms with Gasteiger partial charge < -0.3 is 10.1 Å². The molecule has 0 saturated carbocycles. The van der Waals surface area contributed by atoms with Crippen molar-refractivity contribution < 1.29 is 4.74 Å². The van der Waals surface area contributed by atoms with E-state index in [1.54, 1.807) is 11.3 Å². The van der Waals surface area contributed by atoms with Crippen LogP contribution in [0.25, 0.3) is 0 Å². The molecule has 0 unspecified atom stereocenters. The minimum atomic E-state index is 0.665. The fourth-order valence-corrected chi connectivity index (χ4v) is 2.49. The Morgan fingerprint density at radius 2 is 2.28 bits per heavy atom. The fraction of sp³-hybridized carbons (Fsp3) is 0.462. The second-order valence-electron chi connectivity index (χ2n) is 4.23. The summed E-state index contributed by atoms with van der Waals surface area (Å²) in [4.78, 5) is 1.35. The van der Waals surface area contributed by atoms with Crippen LogP contribution in [0.5, 0.6) is 5.75 Å². The van der Waals surface area contributed by atoms with Gasteiger partial charge in [0, 0.05) is 25.0 Å². The van der Waals surface area contributed by atoms with Crippen LogP contribution >= 0.6 is 11.3 Å². The summed E-state index contributed by atoms with van der Waals surface area (Å²) in [6.45, 7) is 6.41. The minimum Gasteiger partial charge on any atom is -0.488 e. The Balaban J connectivity index is 1.72. The first-order chi connectivity index (χ1) is 8.68. The SMILES string of the molecule is Cc1nn(C)c(C)c1OCCNCc1cccs1. The molecule has 4 nitrogen and oxygen atoms in total. The van der Waals surface area contributed by atoms with E-state index in [4.69, 9.17) is 4.74 Å².